The summed E-state index contributed by atoms with van der Waals surface area (Å²) in [6.07, 6.45) is 3.93. The maximum absolute atomic E-state index is 13.0. The summed E-state index contributed by atoms with van der Waals surface area (Å²) in [6.45, 7) is 10.2. The van der Waals surface area contributed by atoms with Gasteiger partial charge in [-0.3, -0.25) is 0 Å². The maximum Gasteiger partial charge on any atom is 0.126 e. The van der Waals surface area contributed by atoms with Gasteiger partial charge >= 0.3 is 0 Å². The van der Waals surface area contributed by atoms with E-state index in [0.29, 0.717) is 18.3 Å². The Kier molecular flexibility index (Phi) is 7.85. The lowest BCUT2D eigenvalue weighted by molar-refractivity contribution is 0.545. The third-order valence-corrected chi connectivity index (χ3v) is 4.47. The third kappa shape index (κ3) is 5.60. The van der Waals surface area contributed by atoms with E-state index in [9.17, 15) is 8.78 Å². The molecule has 1 unspecified atom stereocenters. The van der Waals surface area contributed by atoms with Crippen molar-refractivity contribution in [3.63, 3.8) is 0 Å². The van der Waals surface area contributed by atoms with E-state index < -0.39 is 0 Å². The Balaban J connectivity index is 0.000000243. The summed E-state index contributed by atoms with van der Waals surface area (Å²) in [5, 5.41) is 8.64. The molecule has 1 atom stereocenters. The first-order valence-electron chi connectivity index (χ1n) is 8.55. The summed E-state index contributed by atoms with van der Waals surface area (Å²) in [7, 11) is 0. The Morgan fingerprint density at radius 2 is 1.83 bits per heavy atom. The first-order chi connectivity index (χ1) is 11.3. The number of hydrogen-bond acceptors (Lipinski definition) is 1. The van der Waals surface area contributed by atoms with Crippen LogP contribution in [0.4, 0.5) is 8.78 Å². The van der Waals surface area contributed by atoms with E-state index in [1.54, 1.807) is 13.0 Å². The molecule has 0 saturated heterocycles. The van der Waals surface area contributed by atoms with Gasteiger partial charge in [-0.25, -0.2) is 8.78 Å². The highest BCUT2D eigenvalue weighted by molar-refractivity contribution is 5.41. The second kappa shape index (κ2) is 9.37. The van der Waals surface area contributed by atoms with E-state index in [1.807, 2.05) is 18.2 Å². The maximum atomic E-state index is 13.0. The van der Waals surface area contributed by atoms with Gasteiger partial charge in [0, 0.05) is 6.42 Å². The predicted octanol–water partition coefficient (Wildman–Crippen LogP) is 6.76. The Hall–Kier alpha value is -1.95. The molecule has 1 aromatic rings. The lowest BCUT2D eigenvalue weighted by atomic mass is 9.89. The summed E-state index contributed by atoms with van der Waals surface area (Å²) in [5.74, 6) is 0.578. The van der Waals surface area contributed by atoms with Crippen molar-refractivity contribution < 1.29 is 8.78 Å². The van der Waals surface area contributed by atoms with Crippen molar-refractivity contribution in [2.75, 3.05) is 0 Å². The minimum absolute atomic E-state index is 0.116. The van der Waals surface area contributed by atoms with Crippen LogP contribution in [0.15, 0.2) is 41.2 Å². The average Bonchev–Trinajstić information content (AvgIpc) is 2.57. The Morgan fingerprint density at radius 1 is 1.17 bits per heavy atom. The molecule has 0 aromatic heterocycles. The standard InChI is InChI=1S/C11H14FN.C10H13F/c1-3-8(2)9-4-5-11(12)10(6-9)7-13;1-7(2)9-4-5-10(11)8(3)6-9/h6,8H,3-5H2,1-2H3;4-7H,1-3H3. The van der Waals surface area contributed by atoms with Crippen molar-refractivity contribution in [1.29, 1.82) is 5.26 Å². The van der Waals surface area contributed by atoms with Crippen molar-refractivity contribution in [2.45, 2.75) is 59.8 Å². The van der Waals surface area contributed by atoms with Gasteiger partial charge in [-0.15, -0.1) is 0 Å². The number of halogens is 2. The number of nitriles is 1. The Labute approximate surface area is 144 Å². The topological polar surface area (TPSA) is 23.8 Å². The molecule has 0 amide bonds. The van der Waals surface area contributed by atoms with E-state index in [1.165, 1.54) is 17.2 Å². The first kappa shape index (κ1) is 20.1. The fourth-order valence-electron chi connectivity index (χ4n) is 2.50. The molecule has 0 bridgehead atoms. The SMILES string of the molecule is CCC(C)C1=CC(C#N)=C(F)CC1.Cc1cc(C(C)C)ccc1F. The molecule has 0 radical (unpaired) electrons. The molecule has 1 aliphatic carbocycles. The summed E-state index contributed by atoms with van der Waals surface area (Å²) >= 11 is 0. The van der Waals surface area contributed by atoms with E-state index in [0.717, 1.165) is 18.4 Å². The molecule has 0 fully saturated rings. The zero-order chi connectivity index (χ0) is 18.3. The number of benzene rings is 1. The van der Waals surface area contributed by atoms with Gasteiger partial charge in [-0.2, -0.15) is 5.26 Å². The third-order valence-electron chi connectivity index (χ3n) is 4.47. The van der Waals surface area contributed by atoms with Crippen LogP contribution in [0.3, 0.4) is 0 Å². The van der Waals surface area contributed by atoms with E-state index >= 15 is 0 Å². The van der Waals surface area contributed by atoms with Crippen molar-refractivity contribution in [3.8, 4) is 6.07 Å². The Morgan fingerprint density at radius 3 is 2.33 bits per heavy atom. The second-order valence-electron chi connectivity index (χ2n) is 6.62. The average molecular weight is 331 g/mol. The molecular formula is C21H27F2N. The molecule has 0 aliphatic heterocycles. The number of allylic oxidation sites excluding steroid dienone is 4. The number of rotatable bonds is 3. The summed E-state index contributed by atoms with van der Waals surface area (Å²) < 4.78 is 25.8. The van der Waals surface area contributed by atoms with Crippen LogP contribution < -0.4 is 0 Å². The molecule has 1 aliphatic rings. The zero-order valence-corrected chi connectivity index (χ0v) is 15.3. The smallest absolute Gasteiger partial charge is 0.126 e. The van der Waals surface area contributed by atoms with Gasteiger partial charge in [0.25, 0.3) is 0 Å². The van der Waals surface area contributed by atoms with Crippen molar-refractivity contribution in [2.24, 2.45) is 5.92 Å². The van der Waals surface area contributed by atoms with Gasteiger partial charge in [-0.1, -0.05) is 45.4 Å². The molecule has 130 valence electrons. The predicted molar refractivity (Wildman–Crippen MR) is 95.7 cm³/mol. The van der Waals surface area contributed by atoms with Gasteiger partial charge in [0.2, 0.25) is 0 Å². The van der Waals surface area contributed by atoms with Crippen LogP contribution in [0.25, 0.3) is 0 Å². The van der Waals surface area contributed by atoms with Crippen LogP contribution in [0.5, 0.6) is 0 Å². The minimum atomic E-state index is -0.255. The van der Waals surface area contributed by atoms with Gasteiger partial charge in [0.1, 0.15) is 17.7 Å². The summed E-state index contributed by atoms with van der Waals surface area (Å²) in [6, 6.07) is 7.17. The Bertz CT molecular complexity index is 663. The van der Waals surface area contributed by atoms with E-state index in [-0.39, 0.29) is 17.2 Å². The first-order valence-corrected chi connectivity index (χ1v) is 8.55. The van der Waals surface area contributed by atoms with Crippen LogP contribution in [-0.2, 0) is 0 Å². The molecule has 0 heterocycles. The highest BCUT2D eigenvalue weighted by atomic mass is 19.1. The fourth-order valence-corrected chi connectivity index (χ4v) is 2.50. The van der Waals surface area contributed by atoms with Crippen LogP contribution in [-0.4, -0.2) is 0 Å². The molecule has 24 heavy (non-hydrogen) atoms. The highest BCUT2D eigenvalue weighted by Crippen LogP contribution is 2.29. The van der Waals surface area contributed by atoms with E-state index in [4.69, 9.17) is 5.26 Å². The van der Waals surface area contributed by atoms with Crippen molar-refractivity contribution >= 4 is 0 Å². The van der Waals surface area contributed by atoms with Crippen LogP contribution in [0.2, 0.25) is 0 Å². The zero-order valence-electron chi connectivity index (χ0n) is 15.3. The van der Waals surface area contributed by atoms with Gasteiger partial charge in [0.05, 0.1) is 5.57 Å². The van der Waals surface area contributed by atoms with Crippen LogP contribution in [0.1, 0.15) is 64.0 Å². The van der Waals surface area contributed by atoms with E-state index in [2.05, 4.69) is 27.7 Å². The molecular weight excluding hydrogens is 304 g/mol. The molecule has 1 nitrogen and oxygen atoms in total. The quantitative estimate of drug-likeness (QED) is 0.600. The fraction of sp³-hybridized carbons (Fsp3) is 0.476. The van der Waals surface area contributed by atoms with Gasteiger partial charge < -0.3 is 0 Å². The number of aryl methyl sites for hydroxylation is 1. The second-order valence-corrected chi connectivity index (χ2v) is 6.62. The monoisotopic (exact) mass is 331 g/mol. The number of hydrogen-bond donors (Lipinski definition) is 0. The summed E-state index contributed by atoms with van der Waals surface area (Å²) in [4.78, 5) is 0. The van der Waals surface area contributed by atoms with Crippen molar-refractivity contribution in [1.82, 2.24) is 0 Å². The lowest BCUT2D eigenvalue weighted by Crippen LogP contribution is -2.03. The summed E-state index contributed by atoms with van der Waals surface area (Å²) in [5.41, 5.74) is 3.36. The van der Waals surface area contributed by atoms with Crippen LogP contribution >= 0.6 is 0 Å². The molecule has 0 spiro atoms. The van der Waals surface area contributed by atoms with Gasteiger partial charge in [-0.05, 0) is 54.9 Å². The molecule has 2 rings (SSSR count). The molecule has 0 N–H and O–H groups in total. The van der Waals surface area contributed by atoms with Crippen molar-refractivity contribution in [3.05, 3.63) is 58.2 Å². The normalized spacial score (nSPS) is 15.4. The van der Waals surface area contributed by atoms with Crippen LogP contribution in [0, 0.1) is 30.0 Å². The minimum Gasteiger partial charge on any atom is -0.210 e. The molecule has 1 aromatic carbocycles. The highest BCUT2D eigenvalue weighted by Gasteiger charge is 2.16. The van der Waals surface area contributed by atoms with Gasteiger partial charge in [0.15, 0.2) is 0 Å². The largest absolute Gasteiger partial charge is 0.210 e. The number of nitrogens with zero attached hydrogens (tertiary/aromatic N) is 1. The molecule has 3 heteroatoms. The molecule has 0 saturated carbocycles. The lowest BCUT2D eigenvalue weighted by Gasteiger charge is -2.17.